The Morgan fingerprint density at radius 2 is 1.78 bits per heavy atom. The number of hydrogen-bond acceptors (Lipinski definition) is 3. The molecule has 3 heteroatoms. The van der Waals surface area contributed by atoms with Crippen LogP contribution in [0.5, 0.6) is 0 Å². The summed E-state index contributed by atoms with van der Waals surface area (Å²) in [5.74, 6) is 0. The Kier molecular flexibility index (Phi) is 4.22. The van der Waals surface area contributed by atoms with Gasteiger partial charge in [0.05, 0.1) is 0 Å². The van der Waals surface area contributed by atoms with E-state index < -0.39 is 0 Å². The van der Waals surface area contributed by atoms with Gasteiger partial charge in [0.25, 0.3) is 0 Å². The van der Waals surface area contributed by atoms with Gasteiger partial charge in [0.1, 0.15) is 0 Å². The number of nitrogens with one attached hydrogen (secondary N) is 1. The SMILES string of the molecule is CCNC1CCC(N2CCC(N3CCCC3)C2)C1. The summed E-state index contributed by atoms with van der Waals surface area (Å²) in [7, 11) is 0. The van der Waals surface area contributed by atoms with Gasteiger partial charge >= 0.3 is 0 Å². The molecule has 0 radical (unpaired) electrons. The van der Waals surface area contributed by atoms with E-state index >= 15 is 0 Å². The van der Waals surface area contributed by atoms with Crippen LogP contribution in [0.1, 0.15) is 45.4 Å². The van der Waals surface area contributed by atoms with Gasteiger partial charge in [0, 0.05) is 31.2 Å². The monoisotopic (exact) mass is 251 g/mol. The molecule has 18 heavy (non-hydrogen) atoms. The summed E-state index contributed by atoms with van der Waals surface area (Å²) >= 11 is 0. The van der Waals surface area contributed by atoms with Gasteiger partial charge in [-0.1, -0.05) is 6.92 Å². The van der Waals surface area contributed by atoms with Crippen LogP contribution in [0.4, 0.5) is 0 Å². The van der Waals surface area contributed by atoms with Crippen LogP contribution in [0.3, 0.4) is 0 Å². The third-order valence-electron chi connectivity index (χ3n) is 5.27. The molecule has 2 saturated heterocycles. The first-order chi connectivity index (χ1) is 8.86. The fraction of sp³-hybridized carbons (Fsp3) is 1.00. The van der Waals surface area contributed by atoms with E-state index in [2.05, 4.69) is 22.0 Å². The van der Waals surface area contributed by atoms with Gasteiger partial charge in [0.15, 0.2) is 0 Å². The summed E-state index contributed by atoms with van der Waals surface area (Å²) in [4.78, 5) is 5.54. The largest absolute Gasteiger partial charge is 0.314 e. The van der Waals surface area contributed by atoms with Crippen molar-refractivity contribution >= 4 is 0 Å². The van der Waals surface area contributed by atoms with Gasteiger partial charge < -0.3 is 5.32 Å². The zero-order valence-electron chi connectivity index (χ0n) is 11.9. The maximum absolute atomic E-state index is 3.63. The molecule has 0 aromatic carbocycles. The Morgan fingerprint density at radius 1 is 0.944 bits per heavy atom. The summed E-state index contributed by atoms with van der Waals surface area (Å²) in [6.45, 7) is 8.79. The first-order valence-corrected chi connectivity index (χ1v) is 8.08. The lowest BCUT2D eigenvalue weighted by molar-refractivity contribution is 0.199. The van der Waals surface area contributed by atoms with E-state index in [9.17, 15) is 0 Å². The molecule has 0 aromatic heterocycles. The van der Waals surface area contributed by atoms with Crippen LogP contribution in [-0.4, -0.2) is 60.6 Å². The molecule has 1 N–H and O–H groups in total. The molecular weight excluding hydrogens is 222 g/mol. The number of nitrogens with zero attached hydrogens (tertiary/aromatic N) is 2. The summed E-state index contributed by atoms with van der Waals surface area (Å²) in [5, 5.41) is 3.63. The lowest BCUT2D eigenvalue weighted by Crippen LogP contribution is -2.38. The Bertz CT molecular complexity index is 262. The normalized spacial score (nSPS) is 38.8. The van der Waals surface area contributed by atoms with Crippen molar-refractivity contribution in [2.75, 3.05) is 32.7 Å². The van der Waals surface area contributed by atoms with E-state index in [4.69, 9.17) is 0 Å². The maximum atomic E-state index is 3.63. The van der Waals surface area contributed by atoms with Crippen LogP contribution in [0.2, 0.25) is 0 Å². The second-order valence-electron chi connectivity index (χ2n) is 6.40. The third kappa shape index (κ3) is 2.73. The molecule has 0 spiro atoms. The molecule has 3 unspecified atom stereocenters. The minimum Gasteiger partial charge on any atom is -0.314 e. The van der Waals surface area contributed by atoms with Crippen molar-refractivity contribution in [3.63, 3.8) is 0 Å². The topological polar surface area (TPSA) is 18.5 Å². The molecule has 0 bridgehead atoms. The lowest BCUT2D eigenvalue weighted by atomic mass is 10.2. The summed E-state index contributed by atoms with van der Waals surface area (Å²) in [6.07, 6.45) is 8.49. The summed E-state index contributed by atoms with van der Waals surface area (Å²) in [5.41, 5.74) is 0. The third-order valence-corrected chi connectivity index (χ3v) is 5.27. The Balaban J connectivity index is 1.47. The highest BCUT2D eigenvalue weighted by molar-refractivity contribution is 4.93. The molecule has 2 heterocycles. The second kappa shape index (κ2) is 5.89. The van der Waals surface area contributed by atoms with Crippen molar-refractivity contribution in [2.45, 2.75) is 63.6 Å². The van der Waals surface area contributed by atoms with Crippen LogP contribution in [0, 0.1) is 0 Å². The zero-order valence-corrected chi connectivity index (χ0v) is 11.9. The highest BCUT2D eigenvalue weighted by Gasteiger charge is 2.35. The zero-order chi connectivity index (χ0) is 12.4. The molecular formula is C15H29N3. The molecule has 3 fully saturated rings. The number of likely N-dealkylation sites (tertiary alicyclic amines) is 2. The van der Waals surface area contributed by atoms with Crippen LogP contribution in [0.15, 0.2) is 0 Å². The average Bonchev–Trinajstić information content (AvgIpc) is 3.10. The van der Waals surface area contributed by atoms with E-state index in [0.29, 0.717) is 0 Å². The smallest absolute Gasteiger partial charge is 0.0235 e. The Morgan fingerprint density at radius 3 is 2.56 bits per heavy atom. The molecule has 0 amide bonds. The van der Waals surface area contributed by atoms with Gasteiger partial charge in [0.2, 0.25) is 0 Å². The van der Waals surface area contributed by atoms with Crippen molar-refractivity contribution < 1.29 is 0 Å². The van der Waals surface area contributed by atoms with E-state index in [1.54, 1.807) is 0 Å². The van der Waals surface area contributed by atoms with Crippen molar-refractivity contribution in [1.29, 1.82) is 0 Å². The van der Waals surface area contributed by atoms with Gasteiger partial charge in [-0.15, -0.1) is 0 Å². The maximum Gasteiger partial charge on any atom is 0.0235 e. The molecule has 3 nitrogen and oxygen atoms in total. The van der Waals surface area contributed by atoms with Crippen LogP contribution in [0.25, 0.3) is 0 Å². The molecule has 1 saturated carbocycles. The summed E-state index contributed by atoms with van der Waals surface area (Å²) < 4.78 is 0. The first-order valence-electron chi connectivity index (χ1n) is 8.08. The standard InChI is InChI=1S/C15H29N3/c1-2-16-13-5-6-14(11-13)18-10-7-15(12-18)17-8-3-4-9-17/h13-16H,2-12H2,1H3. The van der Waals surface area contributed by atoms with Crippen LogP contribution < -0.4 is 5.32 Å². The van der Waals surface area contributed by atoms with Crippen molar-refractivity contribution in [1.82, 2.24) is 15.1 Å². The highest BCUT2D eigenvalue weighted by Crippen LogP contribution is 2.29. The van der Waals surface area contributed by atoms with E-state index in [1.165, 1.54) is 64.7 Å². The lowest BCUT2D eigenvalue weighted by Gasteiger charge is -2.27. The summed E-state index contributed by atoms with van der Waals surface area (Å²) in [6, 6.07) is 2.55. The van der Waals surface area contributed by atoms with Crippen LogP contribution >= 0.6 is 0 Å². The van der Waals surface area contributed by atoms with E-state index in [1.807, 2.05) is 0 Å². The molecule has 104 valence electrons. The van der Waals surface area contributed by atoms with Gasteiger partial charge in [-0.05, 0) is 58.2 Å². The number of rotatable bonds is 4. The fourth-order valence-corrected chi connectivity index (χ4v) is 4.27. The molecule has 2 aliphatic heterocycles. The van der Waals surface area contributed by atoms with Gasteiger partial charge in [-0.25, -0.2) is 0 Å². The highest BCUT2D eigenvalue weighted by atomic mass is 15.3. The van der Waals surface area contributed by atoms with E-state index in [0.717, 1.165) is 24.7 Å². The molecule has 3 aliphatic rings. The Labute approximate surface area is 112 Å². The molecule has 1 aliphatic carbocycles. The first kappa shape index (κ1) is 12.9. The average molecular weight is 251 g/mol. The molecule has 0 aromatic rings. The van der Waals surface area contributed by atoms with Crippen molar-refractivity contribution in [3.05, 3.63) is 0 Å². The van der Waals surface area contributed by atoms with Crippen LogP contribution in [-0.2, 0) is 0 Å². The minimum atomic E-state index is 0.797. The minimum absolute atomic E-state index is 0.797. The molecule has 3 atom stereocenters. The Hall–Kier alpha value is -0.120. The molecule has 3 rings (SSSR count). The number of hydrogen-bond donors (Lipinski definition) is 1. The van der Waals surface area contributed by atoms with E-state index in [-0.39, 0.29) is 0 Å². The van der Waals surface area contributed by atoms with Crippen molar-refractivity contribution in [3.8, 4) is 0 Å². The quantitative estimate of drug-likeness (QED) is 0.820. The van der Waals surface area contributed by atoms with Crippen molar-refractivity contribution in [2.24, 2.45) is 0 Å². The predicted octanol–water partition coefficient (Wildman–Crippen LogP) is 1.69. The second-order valence-corrected chi connectivity index (χ2v) is 6.40. The fourth-order valence-electron chi connectivity index (χ4n) is 4.27. The van der Waals surface area contributed by atoms with Gasteiger partial charge in [-0.3, -0.25) is 9.80 Å². The van der Waals surface area contributed by atoms with Gasteiger partial charge in [-0.2, -0.15) is 0 Å². The predicted molar refractivity (Wildman–Crippen MR) is 75.9 cm³/mol.